The van der Waals surface area contributed by atoms with Crippen LogP contribution in [0.2, 0.25) is 0 Å². The molecule has 1 unspecified atom stereocenters. The lowest BCUT2D eigenvalue weighted by molar-refractivity contribution is 0.0898. The highest BCUT2D eigenvalue weighted by atomic mass is 79.9. The molecular weight excluding hydrogens is 306 g/mol. The Kier molecular flexibility index (Phi) is 5.41. The predicted molar refractivity (Wildman–Crippen MR) is 82.0 cm³/mol. The molecule has 106 valence electrons. The highest BCUT2D eigenvalue weighted by Crippen LogP contribution is 2.25. The van der Waals surface area contributed by atoms with Gasteiger partial charge in [0.05, 0.1) is 5.56 Å². The zero-order chi connectivity index (χ0) is 14.6. The number of alkyl halides is 1. The molecule has 0 radical (unpaired) electrons. The number of aromatic hydroxyl groups is 1. The molecule has 1 atom stereocenters. The van der Waals surface area contributed by atoms with Gasteiger partial charge in [0.25, 0.3) is 5.91 Å². The summed E-state index contributed by atoms with van der Waals surface area (Å²) in [5.74, 6) is -0.159. The lowest BCUT2D eigenvalue weighted by atomic mass is 9.85. The lowest BCUT2D eigenvalue weighted by Gasteiger charge is -2.31. The summed E-state index contributed by atoms with van der Waals surface area (Å²) in [4.78, 5) is 12.3. The minimum absolute atomic E-state index is 0.0249. The smallest absolute Gasteiger partial charge is 0.255 e. The zero-order valence-corrected chi connectivity index (χ0v) is 13.5. The van der Waals surface area contributed by atoms with Gasteiger partial charge in [-0.2, -0.15) is 0 Å². The maximum atomic E-state index is 12.3. The molecule has 1 aromatic rings. The third-order valence-electron chi connectivity index (χ3n) is 3.23. The largest absolute Gasteiger partial charge is 0.507 e. The fourth-order valence-electron chi connectivity index (χ4n) is 1.91. The number of halogens is 1. The van der Waals surface area contributed by atoms with Gasteiger partial charge < -0.3 is 10.4 Å². The van der Waals surface area contributed by atoms with Crippen LogP contribution in [-0.4, -0.2) is 22.4 Å². The quantitative estimate of drug-likeness (QED) is 0.829. The molecule has 0 saturated carbocycles. The van der Waals surface area contributed by atoms with E-state index in [0.29, 0.717) is 11.1 Å². The topological polar surface area (TPSA) is 49.3 Å². The summed E-state index contributed by atoms with van der Waals surface area (Å²) < 4.78 is 0. The van der Waals surface area contributed by atoms with Crippen LogP contribution >= 0.6 is 15.9 Å². The van der Waals surface area contributed by atoms with Gasteiger partial charge in [-0.05, 0) is 30.4 Å². The first-order valence-electron chi connectivity index (χ1n) is 6.42. The molecule has 2 N–H and O–H groups in total. The van der Waals surface area contributed by atoms with Gasteiger partial charge >= 0.3 is 0 Å². The van der Waals surface area contributed by atoms with Crippen molar-refractivity contribution in [3.05, 3.63) is 29.3 Å². The van der Waals surface area contributed by atoms with Gasteiger partial charge in [0.1, 0.15) is 5.75 Å². The Labute approximate surface area is 123 Å². The predicted octanol–water partition coefficient (Wildman–Crippen LogP) is 3.63. The number of hydrogen-bond acceptors (Lipinski definition) is 2. The Morgan fingerprint density at radius 3 is 2.58 bits per heavy atom. The lowest BCUT2D eigenvalue weighted by Crippen LogP contribution is -2.44. The number of phenolic OH excluding ortho intramolecular Hbond substituents is 1. The van der Waals surface area contributed by atoms with E-state index in [0.717, 1.165) is 11.8 Å². The monoisotopic (exact) mass is 327 g/mol. The first kappa shape index (κ1) is 16.0. The molecule has 4 heteroatoms. The van der Waals surface area contributed by atoms with Gasteiger partial charge in [0.15, 0.2) is 0 Å². The molecule has 0 aliphatic carbocycles. The van der Waals surface area contributed by atoms with Gasteiger partial charge in [-0.1, -0.05) is 48.8 Å². The molecule has 3 nitrogen and oxygen atoms in total. The Hall–Kier alpha value is -1.03. The van der Waals surface area contributed by atoms with Crippen molar-refractivity contribution in [2.75, 3.05) is 5.33 Å². The standard InChI is InChI=1S/C15H22BrNO2/c1-10-6-5-7-11(13(10)18)14(19)17-12(8-9-16)15(2,3)4/h5-7,12,18H,8-9H2,1-4H3,(H,17,19). The fourth-order valence-corrected chi connectivity index (χ4v) is 2.37. The van der Waals surface area contributed by atoms with Crippen LogP contribution in [0.5, 0.6) is 5.75 Å². The maximum absolute atomic E-state index is 12.3. The van der Waals surface area contributed by atoms with Crippen molar-refractivity contribution in [1.29, 1.82) is 0 Å². The number of para-hydroxylation sites is 1. The number of benzene rings is 1. The molecule has 1 amide bonds. The van der Waals surface area contributed by atoms with E-state index in [2.05, 4.69) is 42.0 Å². The van der Waals surface area contributed by atoms with Gasteiger partial charge in [-0.3, -0.25) is 4.79 Å². The average Bonchev–Trinajstić information content (AvgIpc) is 2.30. The number of amides is 1. The minimum Gasteiger partial charge on any atom is -0.507 e. The van der Waals surface area contributed by atoms with Crippen LogP contribution in [0, 0.1) is 12.3 Å². The highest BCUT2D eigenvalue weighted by Gasteiger charge is 2.26. The van der Waals surface area contributed by atoms with E-state index in [1.807, 2.05) is 0 Å². The third-order valence-corrected chi connectivity index (χ3v) is 3.69. The summed E-state index contributed by atoms with van der Waals surface area (Å²) in [6, 6.07) is 5.26. The normalized spacial score (nSPS) is 13.1. The third kappa shape index (κ3) is 4.23. The Bertz CT molecular complexity index is 452. The van der Waals surface area contributed by atoms with Crippen molar-refractivity contribution in [1.82, 2.24) is 5.32 Å². The summed E-state index contributed by atoms with van der Waals surface area (Å²) in [5.41, 5.74) is 1.02. The molecule has 0 heterocycles. The Balaban J connectivity index is 2.91. The summed E-state index contributed by atoms with van der Waals surface area (Å²) >= 11 is 3.41. The molecule has 0 aliphatic rings. The van der Waals surface area contributed by atoms with Gasteiger partial charge in [-0.15, -0.1) is 0 Å². The molecule has 1 rings (SSSR count). The number of hydrogen-bond donors (Lipinski definition) is 2. The molecular formula is C15H22BrNO2. The SMILES string of the molecule is Cc1cccc(C(=O)NC(CCBr)C(C)(C)C)c1O. The second-order valence-electron chi connectivity index (χ2n) is 5.84. The van der Waals surface area contributed by atoms with Crippen LogP contribution in [0.4, 0.5) is 0 Å². The van der Waals surface area contributed by atoms with E-state index in [9.17, 15) is 9.90 Å². The molecule has 0 saturated heterocycles. The Morgan fingerprint density at radius 1 is 1.42 bits per heavy atom. The highest BCUT2D eigenvalue weighted by molar-refractivity contribution is 9.09. The van der Waals surface area contributed by atoms with E-state index in [1.54, 1.807) is 25.1 Å². The van der Waals surface area contributed by atoms with Crippen molar-refractivity contribution in [3.8, 4) is 5.75 Å². The number of rotatable bonds is 4. The van der Waals surface area contributed by atoms with Crippen LogP contribution in [0.15, 0.2) is 18.2 Å². The summed E-state index contributed by atoms with van der Waals surface area (Å²) in [6.45, 7) is 8.07. The summed E-state index contributed by atoms with van der Waals surface area (Å²) in [7, 11) is 0. The zero-order valence-electron chi connectivity index (χ0n) is 12.0. The van der Waals surface area contributed by atoms with Crippen molar-refractivity contribution in [2.24, 2.45) is 5.41 Å². The average molecular weight is 328 g/mol. The van der Waals surface area contributed by atoms with Crippen LogP contribution in [0.25, 0.3) is 0 Å². The van der Waals surface area contributed by atoms with Crippen LogP contribution < -0.4 is 5.32 Å². The van der Waals surface area contributed by atoms with Gasteiger partial charge in [0.2, 0.25) is 0 Å². The number of carbonyl (C=O) groups excluding carboxylic acids is 1. The summed E-state index contributed by atoms with van der Waals surface area (Å²) in [6.07, 6.45) is 0.849. The van der Waals surface area contributed by atoms with Crippen molar-refractivity contribution in [2.45, 2.75) is 40.2 Å². The number of carbonyl (C=O) groups is 1. The second-order valence-corrected chi connectivity index (χ2v) is 6.63. The maximum Gasteiger partial charge on any atom is 0.255 e. The van der Waals surface area contributed by atoms with Crippen molar-refractivity contribution in [3.63, 3.8) is 0 Å². The van der Waals surface area contributed by atoms with Crippen molar-refractivity contribution < 1.29 is 9.90 Å². The van der Waals surface area contributed by atoms with Crippen LogP contribution in [0.3, 0.4) is 0 Å². The number of nitrogens with one attached hydrogen (secondary N) is 1. The fraction of sp³-hybridized carbons (Fsp3) is 0.533. The first-order chi connectivity index (χ1) is 8.77. The van der Waals surface area contributed by atoms with Crippen molar-refractivity contribution >= 4 is 21.8 Å². The molecule has 19 heavy (non-hydrogen) atoms. The molecule has 0 fully saturated rings. The first-order valence-corrected chi connectivity index (χ1v) is 7.55. The molecule has 0 spiro atoms. The summed E-state index contributed by atoms with van der Waals surface area (Å²) in [5, 5.41) is 13.8. The van der Waals surface area contributed by atoms with E-state index < -0.39 is 0 Å². The molecule has 1 aromatic carbocycles. The van der Waals surface area contributed by atoms with E-state index in [4.69, 9.17) is 0 Å². The number of aryl methyl sites for hydroxylation is 1. The van der Waals surface area contributed by atoms with E-state index in [-0.39, 0.29) is 23.1 Å². The van der Waals surface area contributed by atoms with E-state index in [1.165, 1.54) is 0 Å². The van der Waals surface area contributed by atoms with Crippen LogP contribution in [-0.2, 0) is 0 Å². The van der Waals surface area contributed by atoms with Crippen LogP contribution in [0.1, 0.15) is 43.1 Å². The number of phenols is 1. The molecule has 0 bridgehead atoms. The van der Waals surface area contributed by atoms with E-state index >= 15 is 0 Å². The van der Waals surface area contributed by atoms with Gasteiger partial charge in [-0.25, -0.2) is 0 Å². The molecule has 0 aliphatic heterocycles. The molecule has 0 aromatic heterocycles. The Morgan fingerprint density at radius 2 is 2.05 bits per heavy atom. The second kappa shape index (κ2) is 6.42. The minimum atomic E-state index is -0.220. The van der Waals surface area contributed by atoms with Gasteiger partial charge in [0, 0.05) is 11.4 Å².